The van der Waals surface area contributed by atoms with E-state index in [4.69, 9.17) is 0 Å². The molecule has 0 spiro atoms. The number of fused-ring (bicyclic) bond motifs is 2. The summed E-state index contributed by atoms with van der Waals surface area (Å²) in [6.07, 6.45) is 27.8. The number of rotatable bonds is 10. The molecule has 0 radical (unpaired) electrons. The molecule has 4 heteroatoms. The topological polar surface area (TPSA) is 0 Å². The molecule has 0 amide bonds. The normalized spacial score (nSPS) is 23.5. The van der Waals surface area contributed by atoms with Gasteiger partial charge in [-0.2, -0.15) is 0 Å². The second-order valence-electron chi connectivity index (χ2n) is 22.9. The van der Waals surface area contributed by atoms with Crippen LogP contribution < -0.4 is 0 Å². The molecular weight excluding hydrogens is 887 g/mol. The minimum absolute atomic E-state index is 0. The number of halogens is 2. The van der Waals surface area contributed by atoms with Crippen molar-refractivity contribution in [2.24, 2.45) is 10.8 Å². The number of hydrogen-bond donors (Lipinski definition) is 0. The summed E-state index contributed by atoms with van der Waals surface area (Å²) < 4.78 is 6.77. The number of benzene rings is 4. The summed E-state index contributed by atoms with van der Waals surface area (Å²) in [7, 11) is 0. The maximum absolute atomic E-state index is 4.06. The molecule has 0 bridgehead atoms. The van der Waals surface area contributed by atoms with Crippen LogP contribution in [0, 0.1) is 10.8 Å². The second kappa shape index (κ2) is 18.1. The molecule has 0 nitrogen and oxygen atoms in total. The first-order valence-electron chi connectivity index (χ1n) is 23.6. The molecule has 0 saturated carbocycles. The van der Waals surface area contributed by atoms with Crippen molar-refractivity contribution in [2.45, 2.75) is 147 Å². The molecular formula is C58H76Cl2SiZr. The van der Waals surface area contributed by atoms with E-state index in [1.807, 2.05) is 0 Å². The Hall–Kier alpha value is -2.48. The van der Waals surface area contributed by atoms with Gasteiger partial charge in [-0.05, 0) is 0 Å². The number of allylic oxidation sites excluding steroid dienone is 6. The predicted octanol–water partition coefficient (Wildman–Crippen LogP) is 17.4. The third-order valence-electron chi connectivity index (χ3n) is 16.0. The quantitative estimate of drug-likeness (QED) is 0.110. The SMILES string of the molecule is CCC1(CC2=Cc3c(-c4ccccc4C(C)(C)C)cccc3[CH]2[Zr]([CH3])([CH3])(=[SiH2])[CH]2C(CC3(CC)CC=CCC3)=Cc3c(-c4ccccc4C(C)(C)C)cccc32)CC=CCC1.Cl.Cl. The molecule has 4 aliphatic rings. The molecule has 4 aromatic carbocycles. The first-order valence-corrected chi connectivity index (χ1v) is 37.3. The summed E-state index contributed by atoms with van der Waals surface area (Å²) in [6.45, 7) is 21.8. The molecule has 4 aliphatic carbocycles. The predicted molar refractivity (Wildman–Crippen MR) is 278 cm³/mol. The van der Waals surface area contributed by atoms with E-state index in [0.29, 0.717) is 18.1 Å². The van der Waals surface area contributed by atoms with Gasteiger partial charge in [-0.1, -0.05) is 0 Å². The van der Waals surface area contributed by atoms with Crippen molar-refractivity contribution >= 4 is 43.8 Å². The molecule has 0 N–H and O–H groups in total. The Morgan fingerprint density at radius 2 is 0.903 bits per heavy atom. The Labute approximate surface area is 392 Å². The van der Waals surface area contributed by atoms with Gasteiger partial charge < -0.3 is 0 Å². The van der Waals surface area contributed by atoms with Gasteiger partial charge in [0.1, 0.15) is 0 Å². The zero-order valence-electron chi connectivity index (χ0n) is 39.8. The van der Waals surface area contributed by atoms with Crippen LogP contribution in [0.2, 0.25) is 9.26 Å². The van der Waals surface area contributed by atoms with Crippen LogP contribution in [0.1, 0.15) is 160 Å². The van der Waals surface area contributed by atoms with Crippen LogP contribution in [-0.4, -0.2) is 6.88 Å². The van der Waals surface area contributed by atoms with Crippen LogP contribution in [0.4, 0.5) is 0 Å². The summed E-state index contributed by atoms with van der Waals surface area (Å²) >= 11 is -4.06. The van der Waals surface area contributed by atoms with Gasteiger partial charge in [0.15, 0.2) is 0 Å². The molecule has 0 saturated heterocycles. The van der Waals surface area contributed by atoms with E-state index in [1.165, 1.54) is 109 Å². The third kappa shape index (κ3) is 8.92. The Morgan fingerprint density at radius 1 is 0.532 bits per heavy atom. The Bertz CT molecular complexity index is 2330. The Kier molecular flexibility index (Phi) is 14.3. The zero-order chi connectivity index (χ0) is 42.7. The maximum Gasteiger partial charge on any atom is -0.147 e. The fraction of sp³-hybridized carbons (Fsp3) is 0.448. The van der Waals surface area contributed by atoms with Crippen LogP contribution in [0.5, 0.6) is 0 Å². The van der Waals surface area contributed by atoms with Crippen LogP contribution in [0.3, 0.4) is 0 Å². The maximum atomic E-state index is 2.91. The fourth-order valence-corrected chi connectivity index (χ4v) is 32.5. The standard InChI is InChI=1S/2C28H33.2CH3.2ClH.H2Si.Zr/c2*1-5-28(16-9-6-10-17-28)20-21-18-22-12-11-14-23(25(22)19-21)24-13-7-8-15-26(24)27(2,3)4;;;;;;/h2*6-9,11-15,18-19H,5,10,16-17,20H2,1-4H3;2*1H3;2*1H;1H2;. The van der Waals surface area contributed by atoms with Crippen LogP contribution >= 0.6 is 24.8 Å². The summed E-state index contributed by atoms with van der Waals surface area (Å²) in [5, 5.41) is 0. The van der Waals surface area contributed by atoms with E-state index in [0.717, 1.165) is 0 Å². The fourth-order valence-electron chi connectivity index (χ4n) is 12.8. The van der Waals surface area contributed by atoms with E-state index in [2.05, 4.69) is 193 Å². The van der Waals surface area contributed by atoms with Gasteiger partial charge >= 0.3 is 370 Å². The van der Waals surface area contributed by atoms with Crippen molar-refractivity contribution in [3.05, 3.63) is 154 Å². The van der Waals surface area contributed by atoms with Gasteiger partial charge in [0.2, 0.25) is 0 Å². The molecule has 62 heavy (non-hydrogen) atoms. The molecule has 4 atom stereocenters. The average Bonchev–Trinajstić information content (AvgIpc) is 3.80. The van der Waals surface area contributed by atoms with E-state index in [-0.39, 0.29) is 35.6 Å². The molecule has 0 heterocycles. The average molecular weight is 963 g/mol. The van der Waals surface area contributed by atoms with Gasteiger partial charge in [0.05, 0.1) is 0 Å². The minimum Gasteiger partial charge on any atom is -0.147 e. The molecule has 4 aromatic rings. The first-order chi connectivity index (χ1) is 28.4. The number of hydrogen-bond acceptors (Lipinski definition) is 0. The van der Waals surface area contributed by atoms with Crippen molar-refractivity contribution in [1.82, 2.24) is 0 Å². The van der Waals surface area contributed by atoms with Gasteiger partial charge in [-0.15, -0.1) is 24.8 Å². The third-order valence-corrected chi connectivity index (χ3v) is 33.5. The van der Waals surface area contributed by atoms with Gasteiger partial charge in [0, 0.05) is 0 Å². The van der Waals surface area contributed by atoms with Crippen LogP contribution in [0.25, 0.3) is 34.4 Å². The van der Waals surface area contributed by atoms with Gasteiger partial charge in [-0.3, -0.25) is 0 Å². The molecule has 330 valence electrons. The van der Waals surface area contributed by atoms with Crippen LogP contribution in [0.15, 0.2) is 120 Å². The van der Waals surface area contributed by atoms with Crippen molar-refractivity contribution in [3.8, 4) is 22.3 Å². The largest absolute Gasteiger partial charge is 0.147 e. The Morgan fingerprint density at radius 3 is 1.24 bits per heavy atom. The molecule has 0 fully saturated rings. The van der Waals surface area contributed by atoms with Crippen molar-refractivity contribution in [3.63, 3.8) is 0 Å². The van der Waals surface area contributed by atoms with Crippen LogP contribution in [-0.2, 0) is 28.2 Å². The van der Waals surface area contributed by atoms with E-state index in [1.54, 1.807) is 22.3 Å². The van der Waals surface area contributed by atoms with E-state index >= 15 is 0 Å². The minimum atomic E-state index is -4.06. The van der Waals surface area contributed by atoms with E-state index < -0.39 is 17.4 Å². The summed E-state index contributed by atoms with van der Waals surface area (Å²) in [5.41, 5.74) is 19.1. The summed E-state index contributed by atoms with van der Waals surface area (Å²) in [4.78, 5) is 0. The van der Waals surface area contributed by atoms with Gasteiger partial charge in [0.25, 0.3) is 0 Å². The summed E-state index contributed by atoms with van der Waals surface area (Å²) in [5.74, 6) is 0. The van der Waals surface area contributed by atoms with E-state index in [9.17, 15) is 0 Å². The zero-order valence-corrected chi connectivity index (χ0v) is 45.3. The Balaban J connectivity index is 0.00000321. The van der Waals surface area contributed by atoms with Crippen molar-refractivity contribution in [2.75, 3.05) is 0 Å². The molecule has 4 unspecified atom stereocenters. The van der Waals surface area contributed by atoms with Crippen molar-refractivity contribution in [1.29, 1.82) is 0 Å². The second-order valence-corrected chi connectivity index (χ2v) is 53.4. The monoisotopic (exact) mass is 960 g/mol. The first kappa shape index (κ1) is 49.0. The molecule has 8 rings (SSSR count). The van der Waals surface area contributed by atoms with Gasteiger partial charge in [-0.25, -0.2) is 0 Å². The smallest absolute Gasteiger partial charge is 0.147 e. The summed E-state index contributed by atoms with van der Waals surface area (Å²) in [6, 6.07) is 33.5. The van der Waals surface area contributed by atoms with Crippen molar-refractivity contribution < 1.29 is 17.4 Å². The molecule has 0 aromatic heterocycles. The molecule has 0 aliphatic heterocycles.